The Morgan fingerprint density at radius 2 is 2.06 bits per heavy atom. The zero-order chi connectivity index (χ0) is 13.1. The van der Waals surface area contributed by atoms with Gasteiger partial charge in [0.2, 0.25) is 0 Å². The number of hydrogen-bond acceptors (Lipinski definition) is 4. The molecule has 0 aromatic carbocycles. The lowest BCUT2D eigenvalue weighted by atomic mass is 9.93. The third kappa shape index (κ3) is 2.86. The first kappa shape index (κ1) is 12.6. The third-order valence-electron chi connectivity index (χ3n) is 3.14. The van der Waals surface area contributed by atoms with Gasteiger partial charge in [-0.25, -0.2) is 4.98 Å². The zero-order valence-corrected chi connectivity index (χ0v) is 9.76. The number of nitrogens with one attached hydrogen (secondary N) is 2. The Bertz CT molecular complexity index is 449. The van der Waals surface area contributed by atoms with Crippen molar-refractivity contribution in [3.05, 3.63) is 27.9 Å². The van der Waals surface area contributed by atoms with Crippen LogP contribution in [-0.2, 0) is 0 Å². The summed E-state index contributed by atoms with van der Waals surface area (Å²) in [5, 5.41) is 22.6. The van der Waals surface area contributed by atoms with Crippen LogP contribution in [0.5, 0.6) is 0 Å². The second-order valence-corrected chi connectivity index (χ2v) is 4.49. The van der Waals surface area contributed by atoms with Crippen molar-refractivity contribution < 1.29 is 14.8 Å². The van der Waals surface area contributed by atoms with Gasteiger partial charge in [0.1, 0.15) is 0 Å². The van der Waals surface area contributed by atoms with Gasteiger partial charge in [-0.05, 0) is 36.7 Å². The predicted octanol–water partition coefficient (Wildman–Crippen LogP) is 0.956. The molecule has 7 nitrogen and oxygen atoms in total. The molecule has 0 bridgehead atoms. The summed E-state index contributed by atoms with van der Waals surface area (Å²) < 4.78 is 0. The minimum Gasteiger partial charge on any atom is -0.393 e. The molecule has 0 aliphatic heterocycles. The molecule has 1 saturated carbocycles. The molecule has 7 heteroatoms. The number of amides is 1. The largest absolute Gasteiger partial charge is 0.393 e. The van der Waals surface area contributed by atoms with Crippen LogP contribution < -0.4 is 5.32 Å². The summed E-state index contributed by atoms with van der Waals surface area (Å²) in [5.74, 6) is -0.538. The molecule has 1 amide bonds. The van der Waals surface area contributed by atoms with Gasteiger partial charge in [-0.1, -0.05) is 0 Å². The van der Waals surface area contributed by atoms with Gasteiger partial charge in [-0.15, -0.1) is 0 Å². The SMILES string of the molecule is O=C(NC1CCC(O)CC1)c1ccc([N+](=O)[O-])[nH]1. The third-order valence-corrected chi connectivity index (χ3v) is 3.14. The lowest BCUT2D eigenvalue weighted by molar-refractivity contribution is -0.389. The maximum Gasteiger partial charge on any atom is 0.321 e. The van der Waals surface area contributed by atoms with Gasteiger partial charge >= 0.3 is 5.82 Å². The van der Waals surface area contributed by atoms with Crippen LogP contribution in [0.25, 0.3) is 0 Å². The highest BCUT2D eigenvalue weighted by atomic mass is 16.6. The number of nitrogens with zero attached hydrogens (tertiary/aromatic N) is 1. The van der Waals surface area contributed by atoms with Gasteiger partial charge in [-0.3, -0.25) is 4.79 Å². The summed E-state index contributed by atoms with van der Waals surface area (Å²) in [6.07, 6.45) is 2.54. The number of carbonyl (C=O) groups is 1. The number of carbonyl (C=O) groups excluding carboxylic acids is 1. The van der Waals surface area contributed by atoms with E-state index in [9.17, 15) is 20.0 Å². The number of aliphatic hydroxyl groups is 1. The summed E-state index contributed by atoms with van der Waals surface area (Å²) in [7, 11) is 0. The minimum absolute atomic E-state index is 0.0308. The Morgan fingerprint density at radius 3 is 2.61 bits per heavy atom. The Balaban J connectivity index is 1.93. The van der Waals surface area contributed by atoms with E-state index in [0.29, 0.717) is 12.8 Å². The molecular formula is C11H15N3O4. The summed E-state index contributed by atoms with van der Waals surface area (Å²) in [5.41, 5.74) is 0.188. The Hall–Kier alpha value is -1.89. The van der Waals surface area contributed by atoms with Gasteiger partial charge < -0.3 is 20.5 Å². The summed E-state index contributed by atoms with van der Waals surface area (Å²) >= 11 is 0. The Kier molecular flexibility index (Phi) is 3.61. The summed E-state index contributed by atoms with van der Waals surface area (Å²) in [4.78, 5) is 24.2. The number of H-pyrrole nitrogens is 1. The van der Waals surface area contributed by atoms with Crippen molar-refractivity contribution in [1.29, 1.82) is 0 Å². The molecule has 1 aliphatic rings. The first-order valence-electron chi connectivity index (χ1n) is 5.88. The molecular weight excluding hydrogens is 238 g/mol. The quantitative estimate of drug-likeness (QED) is 0.550. The standard InChI is InChI=1S/C11H15N3O4/c15-8-3-1-7(2-4-8)12-11(16)9-5-6-10(13-9)14(17)18/h5-8,13,15H,1-4H2,(H,12,16). The van der Waals surface area contributed by atoms with Crippen molar-refractivity contribution in [2.24, 2.45) is 0 Å². The van der Waals surface area contributed by atoms with Crippen LogP contribution in [0.4, 0.5) is 5.82 Å². The van der Waals surface area contributed by atoms with Crippen LogP contribution in [0.3, 0.4) is 0 Å². The van der Waals surface area contributed by atoms with Crippen LogP contribution in [0.2, 0.25) is 0 Å². The molecule has 0 radical (unpaired) electrons. The van der Waals surface area contributed by atoms with E-state index in [2.05, 4.69) is 10.3 Å². The number of aromatic nitrogens is 1. The van der Waals surface area contributed by atoms with E-state index >= 15 is 0 Å². The molecule has 1 fully saturated rings. The molecule has 18 heavy (non-hydrogen) atoms. The molecule has 0 atom stereocenters. The molecule has 1 aromatic heterocycles. The molecule has 0 unspecified atom stereocenters. The van der Waals surface area contributed by atoms with Crippen molar-refractivity contribution in [2.75, 3.05) is 0 Å². The van der Waals surface area contributed by atoms with Crippen molar-refractivity contribution in [1.82, 2.24) is 10.3 Å². The molecule has 0 saturated heterocycles. The van der Waals surface area contributed by atoms with E-state index in [0.717, 1.165) is 12.8 Å². The van der Waals surface area contributed by atoms with E-state index in [4.69, 9.17) is 0 Å². The number of nitro groups is 1. The monoisotopic (exact) mass is 253 g/mol. The van der Waals surface area contributed by atoms with E-state index in [-0.39, 0.29) is 29.6 Å². The fraction of sp³-hybridized carbons (Fsp3) is 0.545. The van der Waals surface area contributed by atoms with Crippen LogP contribution >= 0.6 is 0 Å². The van der Waals surface area contributed by atoms with Crippen LogP contribution in [0.15, 0.2) is 12.1 Å². The van der Waals surface area contributed by atoms with Gasteiger partial charge in [-0.2, -0.15) is 0 Å². The van der Waals surface area contributed by atoms with Crippen molar-refractivity contribution in [3.63, 3.8) is 0 Å². The van der Waals surface area contributed by atoms with Gasteiger partial charge in [0.15, 0.2) is 5.69 Å². The maximum absolute atomic E-state index is 11.8. The lowest BCUT2D eigenvalue weighted by Crippen LogP contribution is -2.38. The summed E-state index contributed by atoms with van der Waals surface area (Å²) in [6.45, 7) is 0. The Morgan fingerprint density at radius 1 is 1.39 bits per heavy atom. The van der Waals surface area contributed by atoms with Crippen molar-refractivity contribution >= 4 is 11.7 Å². The van der Waals surface area contributed by atoms with Crippen LogP contribution in [-0.4, -0.2) is 33.1 Å². The highest BCUT2D eigenvalue weighted by molar-refractivity contribution is 5.93. The number of aliphatic hydroxyl groups excluding tert-OH is 1. The van der Waals surface area contributed by atoms with E-state index in [1.807, 2.05) is 0 Å². The van der Waals surface area contributed by atoms with Gasteiger partial charge in [0, 0.05) is 12.1 Å². The Labute approximate surface area is 103 Å². The van der Waals surface area contributed by atoms with E-state index in [1.54, 1.807) is 0 Å². The first-order valence-corrected chi connectivity index (χ1v) is 5.88. The molecule has 1 aliphatic carbocycles. The lowest BCUT2D eigenvalue weighted by Gasteiger charge is -2.25. The molecule has 1 heterocycles. The van der Waals surface area contributed by atoms with E-state index < -0.39 is 4.92 Å². The minimum atomic E-state index is -0.576. The maximum atomic E-state index is 11.8. The average molecular weight is 253 g/mol. The van der Waals surface area contributed by atoms with Crippen molar-refractivity contribution in [2.45, 2.75) is 37.8 Å². The zero-order valence-electron chi connectivity index (χ0n) is 9.76. The molecule has 1 aromatic rings. The number of hydrogen-bond donors (Lipinski definition) is 3. The first-order chi connectivity index (χ1) is 8.56. The molecule has 3 N–H and O–H groups in total. The fourth-order valence-electron chi connectivity index (χ4n) is 2.11. The van der Waals surface area contributed by atoms with Gasteiger partial charge in [0.05, 0.1) is 6.10 Å². The summed E-state index contributed by atoms with van der Waals surface area (Å²) in [6, 6.07) is 2.69. The second-order valence-electron chi connectivity index (χ2n) is 4.49. The molecule has 2 rings (SSSR count). The predicted molar refractivity (Wildman–Crippen MR) is 63.2 cm³/mol. The molecule has 0 spiro atoms. The topological polar surface area (TPSA) is 108 Å². The van der Waals surface area contributed by atoms with Crippen LogP contribution in [0, 0.1) is 10.1 Å². The second kappa shape index (κ2) is 5.18. The average Bonchev–Trinajstić information content (AvgIpc) is 2.81. The fourth-order valence-corrected chi connectivity index (χ4v) is 2.11. The normalized spacial score (nSPS) is 23.6. The van der Waals surface area contributed by atoms with E-state index in [1.165, 1.54) is 12.1 Å². The molecule has 98 valence electrons. The number of aromatic amines is 1. The number of rotatable bonds is 3. The van der Waals surface area contributed by atoms with Crippen LogP contribution in [0.1, 0.15) is 36.2 Å². The highest BCUT2D eigenvalue weighted by Gasteiger charge is 2.23. The highest BCUT2D eigenvalue weighted by Crippen LogP contribution is 2.19. The smallest absolute Gasteiger partial charge is 0.321 e. The van der Waals surface area contributed by atoms with Gasteiger partial charge in [0.25, 0.3) is 5.91 Å². The van der Waals surface area contributed by atoms with Crippen molar-refractivity contribution in [3.8, 4) is 0 Å².